The minimum atomic E-state index is -4.83. The number of methoxy groups -OCH3 is 1. The summed E-state index contributed by atoms with van der Waals surface area (Å²) in [5.74, 6) is -7.83. The van der Waals surface area contributed by atoms with Crippen molar-refractivity contribution in [2.75, 3.05) is 12.4 Å². The Balaban J connectivity index is 2.02. The smallest absolute Gasteiger partial charge is 0.414 e. The van der Waals surface area contributed by atoms with Crippen molar-refractivity contribution in [2.24, 2.45) is 11.7 Å². The molecule has 2 amide bonds. The van der Waals surface area contributed by atoms with Crippen molar-refractivity contribution in [3.8, 4) is 5.75 Å². The van der Waals surface area contributed by atoms with Crippen LogP contribution in [0.1, 0.15) is 28.9 Å². The lowest BCUT2D eigenvalue weighted by molar-refractivity contribution is -0.221. The number of nitrogens with zero attached hydrogens (tertiary/aromatic N) is 1. The number of ether oxygens (including phenoxy) is 2. The predicted molar refractivity (Wildman–Crippen MR) is 101 cm³/mol. The van der Waals surface area contributed by atoms with Crippen molar-refractivity contribution in [3.63, 3.8) is 0 Å². The molecule has 32 heavy (non-hydrogen) atoms. The minimum Gasteiger partial charge on any atom is -0.493 e. The van der Waals surface area contributed by atoms with E-state index in [0.717, 1.165) is 25.3 Å². The van der Waals surface area contributed by atoms with E-state index in [9.17, 15) is 31.5 Å². The van der Waals surface area contributed by atoms with Crippen molar-refractivity contribution < 1.29 is 41.0 Å². The van der Waals surface area contributed by atoms with E-state index in [1.807, 2.05) is 0 Å². The fraction of sp³-hybridized carbons (Fsp3) is 0.350. The molecule has 1 aromatic carbocycles. The normalized spacial score (nSPS) is 23.1. The van der Waals surface area contributed by atoms with Gasteiger partial charge in [-0.2, -0.15) is 17.6 Å². The van der Waals surface area contributed by atoms with E-state index in [4.69, 9.17) is 15.2 Å². The van der Waals surface area contributed by atoms with Gasteiger partial charge in [0.2, 0.25) is 5.82 Å². The molecule has 0 spiro atoms. The first-order chi connectivity index (χ1) is 15.0. The number of halogens is 5. The summed E-state index contributed by atoms with van der Waals surface area (Å²) in [5.41, 5.74) is 4.82. The number of nitrogens with one attached hydrogen (secondary N) is 1. The van der Waals surface area contributed by atoms with Crippen LogP contribution in [0.15, 0.2) is 30.5 Å². The maximum Gasteiger partial charge on any atom is 0.414 e. The lowest BCUT2D eigenvalue weighted by atomic mass is 9.81. The Bertz CT molecular complexity index is 1050. The summed E-state index contributed by atoms with van der Waals surface area (Å²) in [6.45, 7) is 1.19. The standard InChI is InChI=1S/C20H18F5N3O4/c1-8-13(10-3-4-11(21)14(22)15(10)31-2)16(32-17(8)20(23,24)25)19(30)28-9-5-6-27-12(7-9)18(26)29/h3-8,13,16-17H,1-2H3,(H2,26,29)(H,27,28,30)/t8-,13+,16+,17+/m0/s1. The topological polar surface area (TPSA) is 104 Å². The second-order valence-electron chi connectivity index (χ2n) is 7.17. The lowest BCUT2D eigenvalue weighted by Gasteiger charge is -2.24. The van der Waals surface area contributed by atoms with Crippen LogP contribution in [0, 0.1) is 17.6 Å². The Labute approximate surface area is 178 Å². The van der Waals surface area contributed by atoms with Crippen molar-refractivity contribution in [3.05, 3.63) is 53.4 Å². The Morgan fingerprint density at radius 2 is 1.91 bits per heavy atom. The summed E-state index contributed by atoms with van der Waals surface area (Å²) in [6, 6.07) is 4.21. The second-order valence-corrected chi connectivity index (χ2v) is 7.17. The molecule has 7 nitrogen and oxygen atoms in total. The van der Waals surface area contributed by atoms with E-state index in [0.29, 0.717) is 0 Å². The highest BCUT2D eigenvalue weighted by Crippen LogP contribution is 2.49. The van der Waals surface area contributed by atoms with Crippen molar-refractivity contribution in [1.82, 2.24) is 4.98 Å². The molecule has 2 heterocycles. The number of alkyl halides is 3. The maximum absolute atomic E-state index is 14.3. The molecule has 1 aliphatic rings. The Kier molecular flexibility index (Phi) is 6.35. The molecule has 1 saturated heterocycles. The van der Waals surface area contributed by atoms with Gasteiger partial charge in [-0.15, -0.1) is 0 Å². The van der Waals surface area contributed by atoms with Gasteiger partial charge in [-0.1, -0.05) is 13.0 Å². The first kappa shape index (κ1) is 23.4. The average molecular weight is 459 g/mol. The number of carbonyl (C=O) groups excluding carboxylic acids is 2. The number of aromatic nitrogens is 1. The van der Waals surface area contributed by atoms with Crippen LogP contribution in [0.25, 0.3) is 0 Å². The van der Waals surface area contributed by atoms with Crippen molar-refractivity contribution >= 4 is 17.5 Å². The third-order valence-corrected chi connectivity index (χ3v) is 5.17. The largest absolute Gasteiger partial charge is 0.493 e. The molecular weight excluding hydrogens is 441 g/mol. The molecule has 1 aliphatic heterocycles. The highest BCUT2D eigenvalue weighted by molar-refractivity contribution is 5.97. The molecule has 3 rings (SSSR count). The average Bonchev–Trinajstić information content (AvgIpc) is 3.07. The van der Waals surface area contributed by atoms with Gasteiger partial charge in [0, 0.05) is 29.3 Å². The number of pyridine rings is 1. The van der Waals surface area contributed by atoms with Crippen molar-refractivity contribution in [2.45, 2.75) is 31.2 Å². The van der Waals surface area contributed by atoms with Gasteiger partial charge in [0.05, 0.1) is 7.11 Å². The van der Waals surface area contributed by atoms with Crippen LogP contribution in [0.3, 0.4) is 0 Å². The monoisotopic (exact) mass is 459 g/mol. The quantitative estimate of drug-likeness (QED) is 0.669. The number of carbonyl (C=O) groups is 2. The highest BCUT2D eigenvalue weighted by atomic mass is 19.4. The molecule has 1 fully saturated rings. The zero-order valence-corrected chi connectivity index (χ0v) is 16.7. The van der Waals surface area contributed by atoms with E-state index in [-0.39, 0.29) is 16.9 Å². The van der Waals surface area contributed by atoms with Gasteiger partial charge >= 0.3 is 6.18 Å². The predicted octanol–water partition coefficient (Wildman–Crippen LogP) is 3.16. The molecule has 0 unspecified atom stereocenters. The van der Waals surface area contributed by atoms with Gasteiger partial charge in [-0.25, -0.2) is 4.39 Å². The second kappa shape index (κ2) is 8.69. The number of nitrogens with two attached hydrogens (primary N) is 1. The number of amides is 2. The summed E-state index contributed by atoms with van der Waals surface area (Å²) in [6.07, 6.45) is -7.74. The van der Waals surface area contributed by atoms with Crippen LogP contribution >= 0.6 is 0 Å². The molecule has 0 bridgehead atoms. The number of rotatable bonds is 5. The highest BCUT2D eigenvalue weighted by Gasteiger charge is 2.57. The Hall–Kier alpha value is -3.28. The van der Waals surface area contributed by atoms with Crippen LogP contribution in [-0.4, -0.2) is 42.3 Å². The third kappa shape index (κ3) is 4.35. The molecule has 0 saturated carbocycles. The molecular formula is C20H18F5N3O4. The number of anilines is 1. The lowest BCUT2D eigenvalue weighted by Crippen LogP contribution is -2.35. The van der Waals surface area contributed by atoms with Crippen LogP contribution in [0.5, 0.6) is 5.75 Å². The number of primary amides is 1. The van der Waals surface area contributed by atoms with Crippen LogP contribution in [-0.2, 0) is 9.53 Å². The van der Waals surface area contributed by atoms with Crippen LogP contribution in [0.4, 0.5) is 27.6 Å². The molecule has 0 aliphatic carbocycles. The summed E-state index contributed by atoms with van der Waals surface area (Å²) in [5, 5.41) is 2.35. The molecule has 2 aromatic rings. The van der Waals surface area contributed by atoms with Gasteiger partial charge in [-0.05, 0) is 18.2 Å². The van der Waals surface area contributed by atoms with Gasteiger partial charge in [0.25, 0.3) is 11.8 Å². The number of benzene rings is 1. The molecule has 3 N–H and O–H groups in total. The van der Waals surface area contributed by atoms with Crippen LogP contribution in [0.2, 0.25) is 0 Å². The zero-order chi connectivity index (χ0) is 23.8. The van der Waals surface area contributed by atoms with E-state index in [1.54, 1.807) is 0 Å². The van der Waals surface area contributed by atoms with Gasteiger partial charge < -0.3 is 20.5 Å². The summed E-state index contributed by atoms with van der Waals surface area (Å²) >= 11 is 0. The van der Waals surface area contributed by atoms with E-state index >= 15 is 0 Å². The third-order valence-electron chi connectivity index (χ3n) is 5.17. The summed E-state index contributed by atoms with van der Waals surface area (Å²) < 4.78 is 78.5. The first-order valence-corrected chi connectivity index (χ1v) is 9.26. The van der Waals surface area contributed by atoms with Gasteiger partial charge in [0.15, 0.2) is 17.7 Å². The van der Waals surface area contributed by atoms with Gasteiger partial charge in [0.1, 0.15) is 11.8 Å². The molecule has 0 radical (unpaired) electrons. The number of hydrogen-bond donors (Lipinski definition) is 2. The molecule has 4 atom stereocenters. The zero-order valence-electron chi connectivity index (χ0n) is 16.7. The SMILES string of the molecule is COc1c([C@H]2[C@H](C)[C@H](C(F)(F)F)O[C@H]2C(=O)Nc2ccnc(C(N)=O)c2)ccc(F)c1F. The van der Waals surface area contributed by atoms with Crippen LogP contribution < -0.4 is 15.8 Å². The molecule has 172 valence electrons. The summed E-state index contributed by atoms with van der Waals surface area (Å²) in [7, 11) is 1.03. The first-order valence-electron chi connectivity index (χ1n) is 9.26. The Morgan fingerprint density at radius 1 is 1.22 bits per heavy atom. The maximum atomic E-state index is 14.3. The summed E-state index contributed by atoms with van der Waals surface area (Å²) in [4.78, 5) is 27.9. The Morgan fingerprint density at radius 3 is 2.50 bits per heavy atom. The fourth-order valence-corrected chi connectivity index (χ4v) is 3.75. The minimum absolute atomic E-state index is 0.0292. The molecule has 1 aromatic heterocycles. The molecule has 12 heteroatoms. The van der Waals surface area contributed by atoms with Crippen molar-refractivity contribution in [1.29, 1.82) is 0 Å². The van der Waals surface area contributed by atoms with Gasteiger partial charge in [-0.3, -0.25) is 14.6 Å². The number of hydrogen-bond acceptors (Lipinski definition) is 5. The van der Waals surface area contributed by atoms with E-state index in [2.05, 4.69) is 10.3 Å². The van der Waals surface area contributed by atoms with E-state index < -0.39 is 59.4 Å². The fourth-order valence-electron chi connectivity index (χ4n) is 3.75. The van der Waals surface area contributed by atoms with E-state index in [1.165, 1.54) is 19.2 Å².